The summed E-state index contributed by atoms with van der Waals surface area (Å²) in [6.45, 7) is 2.84. The lowest BCUT2D eigenvalue weighted by Gasteiger charge is -2.22. The number of aliphatic hydroxyl groups excluding tert-OH is 1. The van der Waals surface area contributed by atoms with Crippen molar-refractivity contribution < 1.29 is 15.0 Å². The number of hydrogen-bond donors (Lipinski definition) is 4. The Balaban J connectivity index is 3.75. The molecule has 5 N–H and O–H groups in total. The quantitative estimate of drug-likeness (QED) is 0.397. The molecule has 0 saturated carbocycles. The first kappa shape index (κ1) is 11.4. The molecule has 72 valence electrons. The van der Waals surface area contributed by atoms with Crippen molar-refractivity contribution in [2.45, 2.75) is 25.5 Å². The minimum absolute atomic E-state index is 0.133. The third kappa shape index (κ3) is 4.27. The van der Waals surface area contributed by atoms with Crippen LogP contribution < -0.4 is 11.1 Å². The van der Waals surface area contributed by atoms with E-state index >= 15 is 0 Å². The summed E-state index contributed by atoms with van der Waals surface area (Å²) in [5, 5.41) is 20.6. The molecular formula is C7H16N2O3. The van der Waals surface area contributed by atoms with Gasteiger partial charge in [0.05, 0.1) is 18.2 Å². The van der Waals surface area contributed by atoms with Gasteiger partial charge in [-0.2, -0.15) is 0 Å². The van der Waals surface area contributed by atoms with Crippen molar-refractivity contribution >= 4 is 5.91 Å². The first-order chi connectivity index (χ1) is 5.39. The number of carbonyl (C=O) groups excluding carboxylic acids is 1. The number of nitrogens with two attached hydrogens (primary N) is 1. The molecule has 0 saturated heterocycles. The van der Waals surface area contributed by atoms with Crippen molar-refractivity contribution in [1.29, 1.82) is 0 Å². The van der Waals surface area contributed by atoms with E-state index in [-0.39, 0.29) is 13.2 Å². The molecule has 0 heterocycles. The number of carbonyl (C=O) groups is 1. The summed E-state index contributed by atoms with van der Waals surface area (Å²) in [4.78, 5) is 10.5. The summed E-state index contributed by atoms with van der Waals surface area (Å²) in [6, 6.07) is -0.497. The molecule has 1 amide bonds. The summed E-state index contributed by atoms with van der Waals surface area (Å²) >= 11 is 0. The third-order valence-corrected chi connectivity index (χ3v) is 1.56. The Bertz CT molecular complexity index is 159. The van der Waals surface area contributed by atoms with Gasteiger partial charge in [0.2, 0.25) is 5.91 Å². The van der Waals surface area contributed by atoms with Crippen LogP contribution in [0.4, 0.5) is 0 Å². The highest BCUT2D eigenvalue weighted by molar-refractivity contribution is 5.79. The van der Waals surface area contributed by atoms with Crippen molar-refractivity contribution in [2.24, 2.45) is 5.73 Å². The second-order valence-electron chi connectivity index (χ2n) is 3.16. The Morgan fingerprint density at radius 3 is 2.58 bits per heavy atom. The van der Waals surface area contributed by atoms with Crippen LogP contribution in [0, 0.1) is 0 Å². The zero-order chi connectivity index (χ0) is 9.78. The lowest BCUT2D eigenvalue weighted by molar-refractivity contribution is -0.119. The standard InChI is InChI=1S/C7H16N2O3/c1-5(6(8)11)9-3-7(2,12)4-10/h5,9-10,12H,3-4H2,1-2H3,(H2,8,11). The number of hydrogen-bond acceptors (Lipinski definition) is 4. The van der Waals surface area contributed by atoms with Gasteiger partial charge >= 0.3 is 0 Å². The van der Waals surface area contributed by atoms with E-state index in [1.165, 1.54) is 6.92 Å². The predicted octanol–water partition coefficient (Wildman–Crippen LogP) is -1.81. The molecule has 5 nitrogen and oxygen atoms in total. The van der Waals surface area contributed by atoms with Gasteiger partial charge in [0, 0.05) is 6.54 Å². The van der Waals surface area contributed by atoms with Crippen LogP contribution >= 0.6 is 0 Å². The van der Waals surface area contributed by atoms with Gasteiger partial charge in [-0.25, -0.2) is 0 Å². The van der Waals surface area contributed by atoms with E-state index < -0.39 is 17.6 Å². The van der Waals surface area contributed by atoms with Gasteiger partial charge in [0.1, 0.15) is 0 Å². The fourth-order valence-electron chi connectivity index (χ4n) is 0.529. The van der Waals surface area contributed by atoms with Crippen LogP contribution in [0.3, 0.4) is 0 Å². The molecule has 0 aliphatic rings. The molecule has 2 unspecified atom stereocenters. The Labute approximate surface area is 71.6 Å². The van der Waals surface area contributed by atoms with Crippen LogP contribution in [0.2, 0.25) is 0 Å². The van der Waals surface area contributed by atoms with Gasteiger partial charge in [-0.3, -0.25) is 4.79 Å². The first-order valence-electron chi connectivity index (χ1n) is 3.75. The van der Waals surface area contributed by atoms with E-state index in [1.54, 1.807) is 6.92 Å². The number of rotatable bonds is 5. The maximum atomic E-state index is 10.5. The van der Waals surface area contributed by atoms with Crippen LogP contribution in [-0.4, -0.2) is 40.9 Å². The van der Waals surface area contributed by atoms with Gasteiger partial charge in [0.15, 0.2) is 0 Å². The molecule has 0 aliphatic carbocycles. The average Bonchev–Trinajstić information content (AvgIpc) is 2.00. The lowest BCUT2D eigenvalue weighted by Crippen LogP contribution is -2.48. The fraction of sp³-hybridized carbons (Fsp3) is 0.857. The second kappa shape index (κ2) is 4.39. The Kier molecular flexibility index (Phi) is 4.16. The summed E-state index contributed by atoms with van der Waals surface area (Å²) < 4.78 is 0. The summed E-state index contributed by atoms with van der Waals surface area (Å²) in [6.07, 6.45) is 0. The zero-order valence-electron chi connectivity index (χ0n) is 7.37. The van der Waals surface area contributed by atoms with Crippen molar-refractivity contribution in [3.8, 4) is 0 Å². The smallest absolute Gasteiger partial charge is 0.234 e. The topological polar surface area (TPSA) is 95.6 Å². The summed E-state index contributed by atoms with van der Waals surface area (Å²) in [5.41, 5.74) is 3.76. The zero-order valence-corrected chi connectivity index (χ0v) is 7.37. The lowest BCUT2D eigenvalue weighted by atomic mass is 10.1. The predicted molar refractivity (Wildman–Crippen MR) is 44.4 cm³/mol. The maximum Gasteiger partial charge on any atom is 0.234 e. The van der Waals surface area contributed by atoms with E-state index in [0.29, 0.717) is 0 Å². The van der Waals surface area contributed by atoms with Gasteiger partial charge in [-0.15, -0.1) is 0 Å². The molecule has 0 aromatic carbocycles. The van der Waals surface area contributed by atoms with Gasteiger partial charge in [0.25, 0.3) is 0 Å². The van der Waals surface area contributed by atoms with Crippen LogP contribution in [0.15, 0.2) is 0 Å². The largest absolute Gasteiger partial charge is 0.393 e. The number of primary amides is 1. The minimum atomic E-state index is -1.20. The fourth-order valence-corrected chi connectivity index (χ4v) is 0.529. The molecule has 0 rings (SSSR count). The first-order valence-corrected chi connectivity index (χ1v) is 3.75. The Morgan fingerprint density at radius 2 is 2.25 bits per heavy atom. The van der Waals surface area contributed by atoms with Crippen LogP contribution in [0.5, 0.6) is 0 Å². The molecule has 0 radical (unpaired) electrons. The van der Waals surface area contributed by atoms with E-state index in [1.807, 2.05) is 0 Å². The molecule has 0 bridgehead atoms. The molecule has 0 aromatic heterocycles. The molecule has 2 atom stereocenters. The van der Waals surface area contributed by atoms with Gasteiger partial charge in [-0.1, -0.05) is 0 Å². The summed E-state index contributed by atoms with van der Waals surface area (Å²) in [7, 11) is 0. The molecule has 5 heteroatoms. The van der Waals surface area contributed by atoms with Crippen molar-refractivity contribution in [1.82, 2.24) is 5.32 Å². The number of amides is 1. The van der Waals surface area contributed by atoms with E-state index in [4.69, 9.17) is 10.8 Å². The molecule has 0 fully saturated rings. The molecule has 12 heavy (non-hydrogen) atoms. The molecule has 0 aliphatic heterocycles. The van der Waals surface area contributed by atoms with E-state index in [9.17, 15) is 9.90 Å². The minimum Gasteiger partial charge on any atom is -0.393 e. The van der Waals surface area contributed by atoms with Gasteiger partial charge < -0.3 is 21.3 Å². The second-order valence-corrected chi connectivity index (χ2v) is 3.16. The monoisotopic (exact) mass is 176 g/mol. The molecule has 0 aromatic rings. The average molecular weight is 176 g/mol. The SMILES string of the molecule is CC(NCC(C)(O)CO)C(N)=O. The van der Waals surface area contributed by atoms with E-state index in [0.717, 1.165) is 0 Å². The molecule has 0 spiro atoms. The highest BCUT2D eigenvalue weighted by Crippen LogP contribution is 1.98. The number of nitrogens with one attached hydrogen (secondary N) is 1. The number of aliphatic hydroxyl groups is 2. The van der Waals surface area contributed by atoms with Crippen molar-refractivity contribution in [3.63, 3.8) is 0 Å². The van der Waals surface area contributed by atoms with Crippen LogP contribution in [-0.2, 0) is 4.79 Å². The van der Waals surface area contributed by atoms with Crippen LogP contribution in [0.25, 0.3) is 0 Å². The highest BCUT2D eigenvalue weighted by atomic mass is 16.3. The Hall–Kier alpha value is -0.650. The van der Waals surface area contributed by atoms with Crippen molar-refractivity contribution in [2.75, 3.05) is 13.2 Å². The Morgan fingerprint density at radius 1 is 1.75 bits per heavy atom. The highest BCUT2D eigenvalue weighted by Gasteiger charge is 2.20. The maximum absolute atomic E-state index is 10.5. The summed E-state index contributed by atoms with van der Waals surface area (Å²) in [5.74, 6) is -0.483. The van der Waals surface area contributed by atoms with Gasteiger partial charge in [-0.05, 0) is 13.8 Å². The normalized spacial score (nSPS) is 18.3. The van der Waals surface area contributed by atoms with Crippen molar-refractivity contribution in [3.05, 3.63) is 0 Å². The molecular weight excluding hydrogens is 160 g/mol. The van der Waals surface area contributed by atoms with E-state index in [2.05, 4.69) is 5.32 Å². The van der Waals surface area contributed by atoms with Crippen LogP contribution in [0.1, 0.15) is 13.8 Å². The third-order valence-electron chi connectivity index (χ3n) is 1.56.